The largest absolute Gasteiger partial charge is 0.497 e. The highest BCUT2D eigenvalue weighted by atomic mass is 32.2. The molecule has 0 unspecified atom stereocenters. The SMILES string of the molecule is CCOC(=O)c1ccc(N=C2S[C@@H](CC(=O)Nc3ccc(OC)cc3[N+](=O)[O-])C(=O)N2Cc2ccc(OC)cc2)cc1. The normalized spacial score (nSPS) is 15.4. The summed E-state index contributed by atoms with van der Waals surface area (Å²) >= 11 is 1.12. The molecule has 0 aromatic heterocycles. The number of nitrogens with zero attached hydrogens (tertiary/aromatic N) is 3. The van der Waals surface area contributed by atoms with Crippen LogP contribution in [0, 0.1) is 10.1 Å². The van der Waals surface area contributed by atoms with Gasteiger partial charge in [-0.1, -0.05) is 23.9 Å². The van der Waals surface area contributed by atoms with Crippen molar-refractivity contribution in [3.8, 4) is 11.5 Å². The number of carbonyl (C=O) groups excluding carboxylic acids is 3. The first-order valence-electron chi connectivity index (χ1n) is 12.8. The van der Waals surface area contributed by atoms with Crippen LogP contribution in [-0.4, -0.2) is 58.9 Å². The molecule has 218 valence electrons. The molecule has 1 atom stereocenters. The lowest BCUT2D eigenvalue weighted by molar-refractivity contribution is -0.384. The fraction of sp³-hybridized carbons (Fsp3) is 0.241. The summed E-state index contributed by atoms with van der Waals surface area (Å²) < 4.78 is 15.3. The molecule has 1 saturated heterocycles. The zero-order valence-corrected chi connectivity index (χ0v) is 23.9. The maximum atomic E-state index is 13.5. The molecular formula is C29H28N4O8S. The third-order valence-corrected chi connectivity index (χ3v) is 7.34. The number of aliphatic imine (C=N–C) groups is 1. The summed E-state index contributed by atoms with van der Waals surface area (Å²) in [4.78, 5) is 55.5. The van der Waals surface area contributed by atoms with Gasteiger partial charge in [-0.05, 0) is 61.0 Å². The molecule has 42 heavy (non-hydrogen) atoms. The molecule has 4 rings (SSSR count). The van der Waals surface area contributed by atoms with Crippen LogP contribution in [0.5, 0.6) is 11.5 Å². The van der Waals surface area contributed by atoms with E-state index in [-0.39, 0.29) is 42.6 Å². The topological polar surface area (TPSA) is 150 Å². The van der Waals surface area contributed by atoms with E-state index in [1.165, 1.54) is 30.2 Å². The van der Waals surface area contributed by atoms with Gasteiger partial charge in [-0.15, -0.1) is 0 Å². The Morgan fingerprint density at radius 1 is 1.02 bits per heavy atom. The van der Waals surface area contributed by atoms with Crippen molar-refractivity contribution in [2.75, 3.05) is 26.1 Å². The van der Waals surface area contributed by atoms with E-state index in [1.807, 2.05) is 12.1 Å². The van der Waals surface area contributed by atoms with E-state index in [0.29, 0.717) is 22.2 Å². The quantitative estimate of drug-likeness (QED) is 0.185. The van der Waals surface area contributed by atoms with Crippen molar-refractivity contribution in [2.24, 2.45) is 4.99 Å². The Balaban J connectivity index is 1.56. The number of anilines is 1. The molecule has 13 heteroatoms. The first kappa shape index (κ1) is 30.1. The number of carbonyl (C=O) groups is 3. The minimum absolute atomic E-state index is 0.00749. The lowest BCUT2D eigenvalue weighted by Crippen LogP contribution is -2.33. The van der Waals surface area contributed by atoms with Gasteiger partial charge < -0.3 is 19.5 Å². The number of nitrogens with one attached hydrogen (secondary N) is 1. The first-order chi connectivity index (χ1) is 20.2. The summed E-state index contributed by atoms with van der Waals surface area (Å²) in [6.45, 7) is 2.17. The maximum absolute atomic E-state index is 13.5. The smallest absolute Gasteiger partial charge is 0.338 e. The molecule has 0 radical (unpaired) electrons. The van der Waals surface area contributed by atoms with Crippen LogP contribution in [0.1, 0.15) is 29.3 Å². The average Bonchev–Trinajstić information content (AvgIpc) is 3.26. The minimum Gasteiger partial charge on any atom is -0.497 e. The molecule has 0 saturated carbocycles. The number of nitro groups is 1. The van der Waals surface area contributed by atoms with Crippen molar-refractivity contribution in [2.45, 2.75) is 25.1 Å². The van der Waals surface area contributed by atoms with Crippen LogP contribution in [0.15, 0.2) is 71.7 Å². The van der Waals surface area contributed by atoms with Crippen LogP contribution in [0.2, 0.25) is 0 Å². The summed E-state index contributed by atoms with van der Waals surface area (Å²) in [6, 6.07) is 17.7. The number of nitro benzene ring substituents is 1. The number of hydrogen-bond acceptors (Lipinski definition) is 10. The van der Waals surface area contributed by atoms with Crippen LogP contribution < -0.4 is 14.8 Å². The van der Waals surface area contributed by atoms with E-state index in [0.717, 1.165) is 17.3 Å². The number of ether oxygens (including phenoxy) is 3. The van der Waals surface area contributed by atoms with Gasteiger partial charge in [0.25, 0.3) is 5.69 Å². The second-order valence-corrected chi connectivity index (χ2v) is 10.1. The molecule has 2 amide bonds. The number of rotatable bonds is 11. The van der Waals surface area contributed by atoms with E-state index < -0.39 is 22.0 Å². The highest BCUT2D eigenvalue weighted by molar-refractivity contribution is 8.15. The third-order valence-electron chi connectivity index (χ3n) is 6.17. The van der Waals surface area contributed by atoms with Crippen molar-refractivity contribution < 1.29 is 33.5 Å². The summed E-state index contributed by atoms with van der Waals surface area (Å²) in [6.07, 6.45) is -0.243. The molecule has 3 aromatic carbocycles. The molecule has 0 aliphatic carbocycles. The van der Waals surface area contributed by atoms with E-state index in [2.05, 4.69) is 10.3 Å². The van der Waals surface area contributed by atoms with E-state index in [1.54, 1.807) is 50.4 Å². The number of amides is 2. The fourth-order valence-corrected chi connectivity index (χ4v) is 5.20. The molecule has 1 heterocycles. The number of thioether (sulfide) groups is 1. The van der Waals surface area contributed by atoms with Gasteiger partial charge >= 0.3 is 5.97 Å². The molecular weight excluding hydrogens is 564 g/mol. The molecule has 1 fully saturated rings. The predicted molar refractivity (Wildman–Crippen MR) is 157 cm³/mol. The highest BCUT2D eigenvalue weighted by Gasteiger charge is 2.39. The van der Waals surface area contributed by atoms with E-state index in [9.17, 15) is 24.5 Å². The Morgan fingerprint density at radius 2 is 1.69 bits per heavy atom. The molecule has 0 spiro atoms. The summed E-state index contributed by atoms with van der Waals surface area (Å²) in [5.74, 6) is -0.424. The zero-order valence-electron chi connectivity index (χ0n) is 23.1. The lowest BCUT2D eigenvalue weighted by Gasteiger charge is -2.17. The van der Waals surface area contributed by atoms with Gasteiger partial charge in [0, 0.05) is 6.42 Å². The third kappa shape index (κ3) is 7.23. The zero-order chi connectivity index (χ0) is 30.2. The maximum Gasteiger partial charge on any atom is 0.338 e. The van der Waals surface area contributed by atoms with Crippen LogP contribution in [0.4, 0.5) is 17.1 Å². The summed E-state index contributed by atoms with van der Waals surface area (Å²) in [5.41, 5.74) is 1.34. The van der Waals surface area contributed by atoms with Gasteiger partial charge in [-0.3, -0.25) is 24.6 Å². The van der Waals surface area contributed by atoms with E-state index >= 15 is 0 Å². The first-order valence-corrected chi connectivity index (χ1v) is 13.7. The van der Waals surface area contributed by atoms with Gasteiger partial charge in [0.1, 0.15) is 22.4 Å². The highest BCUT2D eigenvalue weighted by Crippen LogP contribution is 2.34. The number of methoxy groups -OCH3 is 2. The minimum atomic E-state index is -0.821. The molecule has 1 aliphatic rings. The molecule has 12 nitrogen and oxygen atoms in total. The van der Waals surface area contributed by atoms with Gasteiger partial charge in [0.05, 0.1) is 49.6 Å². The van der Waals surface area contributed by atoms with Gasteiger partial charge in [-0.25, -0.2) is 9.79 Å². The Morgan fingerprint density at radius 3 is 2.31 bits per heavy atom. The second kappa shape index (κ2) is 13.6. The number of esters is 1. The Labute approximate surface area is 245 Å². The Hall–Kier alpha value is -4.91. The second-order valence-electron chi connectivity index (χ2n) is 8.93. The van der Waals surface area contributed by atoms with Crippen LogP contribution in [-0.2, 0) is 20.9 Å². The van der Waals surface area contributed by atoms with Gasteiger partial charge in [0.15, 0.2) is 5.17 Å². The van der Waals surface area contributed by atoms with Gasteiger partial charge in [0.2, 0.25) is 11.8 Å². The van der Waals surface area contributed by atoms with Crippen molar-refractivity contribution in [3.63, 3.8) is 0 Å². The lowest BCUT2D eigenvalue weighted by atomic mass is 10.2. The Bertz CT molecular complexity index is 1510. The van der Waals surface area contributed by atoms with Crippen LogP contribution >= 0.6 is 11.8 Å². The molecule has 1 aliphatic heterocycles. The van der Waals surface area contributed by atoms with Crippen LogP contribution in [0.3, 0.4) is 0 Å². The van der Waals surface area contributed by atoms with E-state index in [4.69, 9.17) is 14.2 Å². The van der Waals surface area contributed by atoms with Crippen molar-refractivity contribution in [1.29, 1.82) is 0 Å². The number of benzene rings is 3. The average molecular weight is 593 g/mol. The van der Waals surface area contributed by atoms with Gasteiger partial charge in [-0.2, -0.15) is 0 Å². The standard InChI is InChI=1S/C29H28N4O8S/c1-4-41-28(36)19-7-9-20(10-8-19)30-29-32(17-18-5-11-21(39-2)12-6-18)27(35)25(42-29)16-26(34)31-23-14-13-22(40-3)15-24(23)33(37)38/h5-15,25H,4,16-17H2,1-3H3,(H,31,34)/t25-/m0/s1. The molecule has 3 aromatic rings. The molecule has 1 N–H and O–H groups in total. The van der Waals surface area contributed by atoms with Crippen LogP contribution in [0.25, 0.3) is 0 Å². The number of hydrogen-bond donors (Lipinski definition) is 1. The Kier molecular flexibility index (Phi) is 9.76. The summed E-state index contributed by atoms with van der Waals surface area (Å²) in [7, 11) is 2.94. The van der Waals surface area contributed by atoms with Crippen molar-refractivity contribution >= 4 is 51.8 Å². The fourth-order valence-electron chi connectivity index (χ4n) is 4.05. The monoisotopic (exact) mass is 592 g/mol. The molecule has 0 bridgehead atoms. The van der Waals surface area contributed by atoms with Crippen molar-refractivity contribution in [1.82, 2.24) is 4.90 Å². The predicted octanol–water partition coefficient (Wildman–Crippen LogP) is 4.95. The van der Waals surface area contributed by atoms with Crippen molar-refractivity contribution in [3.05, 3.63) is 88.0 Å². The summed E-state index contributed by atoms with van der Waals surface area (Å²) in [5, 5.41) is 13.6. The number of amidine groups is 1.